The summed E-state index contributed by atoms with van der Waals surface area (Å²) in [5, 5.41) is 0. The largest absolute Gasteiger partial charge is 0.494 e. The Morgan fingerprint density at radius 1 is 1.10 bits per heavy atom. The summed E-state index contributed by atoms with van der Waals surface area (Å²) in [5.41, 5.74) is 1.11. The van der Waals surface area contributed by atoms with Crippen molar-refractivity contribution in [3.05, 3.63) is 29.8 Å². The molecule has 21 heavy (non-hydrogen) atoms. The van der Waals surface area contributed by atoms with Crippen LogP contribution in [0.2, 0.25) is 0 Å². The van der Waals surface area contributed by atoms with Crippen molar-refractivity contribution in [2.45, 2.75) is 58.3 Å². The number of hydrogen-bond donors (Lipinski definition) is 0. The first-order chi connectivity index (χ1) is 10.3. The molecule has 0 N–H and O–H groups in total. The molecular weight excluding hydrogens is 264 g/mol. The van der Waals surface area contributed by atoms with Gasteiger partial charge in [-0.05, 0) is 30.5 Å². The summed E-state index contributed by atoms with van der Waals surface area (Å²) in [5.74, 6) is 0.722. The summed E-state index contributed by atoms with van der Waals surface area (Å²) in [6, 6.07) is 7.97. The predicted molar refractivity (Wildman–Crippen MR) is 85.7 cm³/mol. The molecule has 0 unspecified atom stereocenters. The molecule has 0 atom stereocenters. The second-order valence-electron chi connectivity index (χ2n) is 5.34. The highest BCUT2D eigenvalue weighted by Gasteiger charge is 2.02. The molecule has 0 amide bonds. The maximum absolute atomic E-state index is 11.1. The van der Waals surface area contributed by atoms with Crippen LogP contribution in [-0.4, -0.2) is 19.7 Å². The summed E-state index contributed by atoms with van der Waals surface area (Å²) in [6.07, 6.45) is 8.71. The van der Waals surface area contributed by atoms with E-state index >= 15 is 0 Å². The highest BCUT2D eigenvalue weighted by molar-refractivity contribution is 5.69. The molecule has 0 saturated heterocycles. The molecule has 1 rings (SSSR count). The van der Waals surface area contributed by atoms with E-state index in [2.05, 4.69) is 11.7 Å². The average molecular weight is 292 g/mol. The number of rotatable bonds is 11. The zero-order valence-electron chi connectivity index (χ0n) is 13.4. The normalized spacial score (nSPS) is 10.4. The molecule has 0 aliphatic carbocycles. The van der Waals surface area contributed by atoms with E-state index in [-0.39, 0.29) is 5.97 Å². The number of aryl methyl sites for hydroxylation is 1. The van der Waals surface area contributed by atoms with E-state index in [1.807, 2.05) is 24.3 Å². The van der Waals surface area contributed by atoms with Gasteiger partial charge < -0.3 is 9.47 Å². The quantitative estimate of drug-likeness (QED) is 0.444. The zero-order valence-corrected chi connectivity index (χ0v) is 13.4. The van der Waals surface area contributed by atoms with Crippen LogP contribution in [0.5, 0.6) is 5.75 Å². The van der Waals surface area contributed by atoms with Gasteiger partial charge in [-0.25, -0.2) is 0 Å². The molecule has 0 aliphatic rings. The molecule has 3 heteroatoms. The van der Waals surface area contributed by atoms with Crippen LogP contribution >= 0.6 is 0 Å². The first kappa shape index (κ1) is 17.5. The van der Waals surface area contributed by atoms with Gasteiger partial charge in [0.25, 0.3) is 0 Å². The monoisotopic (exact) mass is 292 g/mol. The van der Waals surface area contributed by atoms with Gasteiger partial charge in [0, 0.05) is 6.42 Å². The first-order valence-electron chi connectivity index (χ1n) is 8.04. The fraction of sp³-hybridized carbons (Fsp3) is 0.611. The van der Waals surface area contributed by atoms with Crippen molar-refractivity contribution in [3.8, 4) is 5.75 Å². The van der Waals surface area contributed by atoms with Crippen molar-refractivity contribution in [1.82, 2.24) is 0 Å². The van der Waals surface area contributed by atoms with Gasteiger partial charge in [0.1, 0.15) is 5.75 Å². The number of esters is 1. The molecular formula is C18H28O3. The molecule has 1 aromatic carbocycles. The summed E-state index contributed by atoms with van der Waals surface area (Å²) >= 11 is 0. The molecule has 0 saturated carbocycles. The molecule has 0 radical (unpaired) electrons. The summed E-state index contributed by atoms with van der Waals surface area (Å²) in [6.45, 7) is 3.00. The molecule has 118 valence electrons. The lowest BCUT2D eigenvalue weighted by Gasteiger charge is -2.08. The number of carbonyl (C=O) groups is 1. The lowest BCUT2D eigenvalue weighted by Crippen LogP contribution is -2.02. The van der Waals surface area contributed by atoms with E-state index in [1.165, 1.54) is 39.2 Å². The molecule has 0 spiro atoms. The number of hydrogen-bond acceptors (Lipinski definition) is 3. The van der Waals surface area contributed by atoms with Crippen LogP contribution < -0.4 is 4.74 Å². The van der Waals surface area contributed by atoms with Crippen molar-refractivity contribution in [2.75, 3.05) is 13.7 Å². The van der Waals surface area contributed by atoms with Crippen LogP contribution in [0.1, 0.15) is 57.4 Å². The minimum Gasteiger partial charge on any atom is -0.494 e. The van der Waals surface area contributed by atoms with Crippen molar-refractivity contribution in [3.63, 3.8) is 0 Å². The average Bonchev–Trinajstić information content (AvgIpc) is 2.52. The van der Waals surface area contributed by atoms with Gasteiger partial charge in [-0.15, -0.1) is 0 Å². The molecule has 0 aliphatic heterocycles. The third-order valence-electron chi connectivity index (χ3n) is 3.51. The molecule has 0 fully saturated rings. The Balaban J connectivity index is 2.21. The predicted octanol–water partition coefficient (Wildman–Crippen LogP) is 4.53. The maximum atomic E-state index is 11.1. The number of unbranched alkanes of at least 4 members (excludes halogenated alkanes) is 5. The molecule has 0 aromatic heterocycles. The Hall–Kier alpha value is -1.51. The smallest absolute Gasteiger partial charge is 0.305 e. The van der Waals surface area contributed by atoms with Gasteiger partial charge in [0.2, 0.25) is 0 Å². The van der Waals surface area contributed by atoms with Crippen LogP contribution in [0.4, 0.5) is 0 Å². The van der Waals surface area contributed by atoms with Gasteiger partial charge >= 0.3 is 5.97 Å². The highest BCUT2D eigenvalue weighted by atomic mass is 16.5. The number of carbonyl (C=O) groups excluding carboxylic acids is 1. The molecule has 1 aromatic rings. The Morgan fingerprint density at radius 3 is 2.62 bits per heavy atom. The maximum Gasteiger partial charge on any atom is 0.305 e. The Bertz CT molecular complexity index is 401. The van der Waals surface area contributed by atoms with Gasteiger partial charge in [0.05, 0.1) is 13.7 Å². The van der Waals surface area contributed by atoms with Gasteiger partial charge in [-0.3, -0.25) is 4.79 Å². The highest BCUT2D eigenvalue weighted by Crippen LogP contribution is 2.15. The molecule has 0 bridgehead atoms. The van der Waals surface area contributed by atoms with E-state index in [4.69, 9.17) is 4.74 Å². The Kier molecular flexibility index (Phi) is 9.34. The second-order valence-corrected chi connectivity index (χ2v) is 5.34. The lowest BCUT2D eigenvalue weighted by atomic mass is 10.1. The molecule has 3 nitrogen and oxygen atoms in total. The van der Waals surface area contributed by atoms with Gasteiger partial charge in [-0.2, -0.15) is 0 Å². The summed E-state index contributed by atoms with van der Waals surface area (Å²) < 4.78 is 10.4. The third-order valence-corrected chi connectivity index (χ3v) is 3.51. The van der Waals surface area contributed by atoms with E-state index in [0.717, 1.165) is 24.3 Å². The van der Waals surface area contributed by atoms with Crippen LogP contribution in [-0.2, 0) is 16.0 Å². The minimum atomic E-state index is -0.173. The van der Waals surface area contributed by atoms with Crippen LogP contribution in [0.25, 0.3) is 0 Å². The van der Waals surface area contributed by atoms with Crippen molar-refractivity contribution < 1.29 is 14.3 Å². The fourth-order valence-electron chi connectivity index (χ4n) is 2.21. The van der Waals surface area contributed by atoms with E-state index in [1.54, 1.807) is 0 Å². The summed E-state index contributed by atoms with van der Waals surface area (Å²) in [7, 11) is 1.42. The van der Waals surface area contributed by atoms with Crippen LogP contribution in [0.15, 0.2) is 24.3 Å². The summed E-state index contributed by atoms with van der Waals surface area (Å²) in [4.78, 5) is 11.1. The number of methoxy groups -OCH3 is 1. The van der Waals surface area contributed by atoms with Crippen LogP contribution in [0.3, 0.4) is 0 Å². The van der Waals surface area contributed by atoms with E-state index < -0.39 is 0 Å². The minimum absolute atomic E-state index is 0.173. The van der Waals surface area contributed by atoms with Gasteiger partial charge in [0.15, 0.2) is 0 Å². The fourth-order valence-corrected chi connectivity index (χ4v) is 2.21. The standard InChI is InChI=1S/C18H28O3/c1-3-4-5-6-7-8-14-21-17-11-9-10-16(15-17)12-13-18(19)20-2/h9-11,15H,3-8,12-14H2,1-2H3. The number of benzene rings is 1. The Morgan fingerprint density at radius 2 is 1.86 bits per heavy atom. The Labute approximate surface area is 128 Å². The lowest BCUT2D eigenvalue weighted by molar-refractivity contribution is -0.140. The van der Waals surface area contributed by atoms with Crippen molar-refractivity contribution in [1.29, 1.82) is 0 Å². The van der Waals surface area contributed by atoms with E-state index in [9.17, 15) is 4.79 Å². The second kappa shape index (κ2) is 11.2. The van der Waals surface area contributed by atoms with Gasteiger partial charge in [-0.1, -0.05) is 51.2 Å². The van der Waals surface area contributed by atoms with E-state index in [0.29, 0.717) is 12.8 Å². The topological polar surface area (TPSA) is 35.5 Å². The van der Waals surface area contributed by atoms with Crippen LogP contribution in [0, 0.1) is 0 Å². The van der Waals surface area contributed by atoms with Crippen molar-refractivity contribution >= 4 is 5.97 Å². The van der Waals surface area contributed by atoms with Crippen molar-refractivity contribution in [2.24, 2.45) is 0 Å². The first-order valence-corrected chi connectivity index (χ1v) is 8.04. The third kappa shape index (κ3) is 8.38. The number of ether oxygens (including phenoxy) is 2. The zero-order chi connectivity index (χ0) is 15.3. The SMILES string of the molecule is CCCCCCCCOc1cccc(CCC(=O)OC)c1. The molecule has 0 heterocycles.